The van der Waals surface area contributed by atoms with Crippen LogP contribution < -0.4 is 4.90 Å². The summed E-state index contributed by atoms with van der Waals surface area (Å²) in [6.07, 6.45) is -1.02. The number of carbonyl (C=O) groups is 1. The molecule has 1 amide bonds. The molecule has 0 unspecified atom stereocenters. The summed E-state index contributed by atoms with van der Waals surface area (Å²) in [6.45, 7) is -0.0820. The molecule has 0 fully saturated rings. The molecule has 0 spiro atoms. The van der Waals surface area contributed by atoms with E-state index in [1.54, 1.807) is 24.3 Å². The minimum Gasteiger partial charge on any atom is -0.465 e. The van der Waals surface area contributed by atoms with E-state index in [9.17, 15) is 4.79 Å². The lowest BCUT2D eigenvalue weighted by atomic mass is 10.2. The lowest BCUT2D eigenvalue weighted by Gasteiger charge is -2.13. The van der Waals surface area contributed by atoms with Crippen LogP contribution in [0.2, 0.25) is 0 Å². The van der Waals surface area contributed by atoms with E-state index in [4.69, 9.17) is 10.2 Å². The van der Waals surface area contributed by atoms with Crippen molar-refractivity contribution >= 4 is 11.8 Å². The number of anilines is 1. The third kappa shape index (κ3) is 2.19. The average Bonchev–Trinajstić information content (AvgIpc) is 2.16. The molecule has 0 heterocycles. The lowest BCUT2D eigenvalue weighted by Crippen LogP contribution is -2.23. The average molecular weight is 181 g/mol. The van der Waals surface area contributed by atoms with Crippen LogP contribution >= 0.6 is 0 Å². The van der Waals surface area contributed by atoms with Gasteiger partial charge in [-0.3, -0.25) is 4.90 Å². The Morgan fingerprint density at radius 2 is 2.23 bits per heavy atom. The van der Waals surface area contributed by atoms with Crippen molar-refractivity contribution in [3.63, 3.8) is 0 Å². The summed E-state index contributed by atoms with van der Waals surface area (Å²) < 4.78 is 0. The largest absolute Gasteiger partial charge is 0.465 e. The van der Waals surface area contributed by atoms with Crippen molar-refractivity contribution in [2.75, 3.05) is 11.9 Å². The second-order valence-corrected chi connectivity index (χ2v) is 2.67. The summed E-state index contributed by atoms with van der Waals surface area (Å²) in [7, 11) is 1.46. The van der Waals surface area contributed by atoms with Crippen molar-refractivity contribution in [2.45, 2.75) is 6.61 Å². The van der Waals surface area contributed by atoms with Gasteiger partial charge in [0.05, 0.1) is 6.61 Å². The highest BCUT2D eigenvalue weighted by atomic mass is 16.4. The van der Waals surface area contributed by atoms with Crippen molar-refractivity contribution in [1.29, 1.82) is 0 Å². The van der Waals surface area contributed by atoms with Gasteiger partial charge in [0.15, 0.2) is 0 Å². The molecule has 0 atom stereocenters. The predicted octanol–water partition coefficient (Wildman–Crippen LogP) is 1.29. The minimum atomic E-state index is -1.02. The molecule has 0 aliphatic carbocycles. The van der Waals surface area contributed by atoms with Gasteiger partial charge in [-0.05, 0) is 17.7 Å². The number of aliphatic hydroxyl groups is 1. The van der Waals surface area contributed by atoms with Crippen LogP contribution in [0.15, 0.2) is 24.3 Å². The van der Waals surface area contributed by atoms with Crippen molar-refractivity contribution in [1.82, 2.24) is 0 Å². The van der Waals surface area contributed by atoms with E-state index in [1.165, 1.54) is 7.05 Å². The molecule has 1 aromatic rings. The van der Waals surface area contributed by atoms with E-state index in [1.807, 2.05) is 0 Å². The topological polar surface area (TPSA) is 60.8 Å². The summed E-state index contributed by atoms with van der Waals surface area (Å²) in [5, 5.41) is 17.5. The first-order valence-corrected chi connectivity index (χ1v) is 3.81. The van der Waals surface area contributed by atoms with Gasteiger partial charge >= 0.3 is 6.09 Å². The summed E-state index contributed by atoms with van der Waals surface area (Å²) in [5.74, 6) is 0. The number of benzene rings is 1. The molecule has 0 saturated heterocycles. The number of aliphatic hydroxyl groups excluding tert-OH is 1. The Hall–Kier alpha value is -1.55. The van der Waals surface area contributed by atoms with E-state index in [0.717, 1.165) is 4.90 Å². The first-order chi connectivity index (χ1) is 6.15. The molecule has 2 N–H and O–H groups in total. The van der Waals surface area contributed by atoms with E-state index < -0.39 is 6.09 Å². The Bertz CT molecular complexity index is 311. The molecule has 4 nitrogen and oxygen atoms in total. The van der Waals surface area contributed by atoms with Crippen LogP contribution in [0.1, 0.15) is 5.56 Å². The molecule has 0 aliphatic rings. The molecule has 70 valence electrons. The molecule has 1 aromatic carbocycles. The van der Waals surface area contributed by atoms with Gasteiger partial charge in [0.2, 0.25) is 0 Å². The lowest BCUT2D eigenvalue weighted by molar-refractivity contribution is 0.203. The number of nitrogens with zero attached hydrogens (tertiary/aromatic N) is 1. The van der Waals surface area contributed by atoms with Gasteiger partial charge in [-0.15, -0.1) is 0 Å². The molecular formula is C9H11NO3. The second kappa shape index (κ2) is 3.91. The monoisotopic (exact) mass is 181 g/mol. The normalized spacial score (nSPS) is 9.69. The third-order valence-corrected chi connectivity index (χ3v) is 1.77. The summed E-state index contributed by atoms with van der Waals surface area (Å²) in [6, 6.07) is 6.75. The standard InChI is InChI=1S/C9H11NO3/c1-10(9(12)13)8-4-2-3-7(5-8)6-11/h2-5,11H,6H2,1H3,(H,12,13). The number of amides is 1. The quantitative estimate of drug-likeness (QED) is 0.722. The minimum absolute atomic E-state index is 0.0820. The molecule has 4 heteroatoms. The maximum atomic E-state index is 10.6. The van der Waals surface area contributed by atoms with Gasteiger partial charge in [-0.1, -0.05) is 12.1 Å². The Balaban J connectivity index is 2.94. The van der Waals surface area contributed by atoms with Crippen molar-refractivity contribution in [3.05, 3.63) is 29.8 Å². The molecule has 0 saturated carbocycles. The zero-order valence-electron chi connectivity index (χ0n) is 7.27. The summed E-state index contributed by atoms with van der Waals surface area (Å²) in [4.78, 5) is 11.7. The Labute approximate surface area is 76.0 Å². The van der Waals surface area contributed by atoms with E-state index >= 15 is 0 Å². The van der Waals surface area contributed by atoms with Gasteiger partial charge in [-0.25, -0.2) is 4.79 Å². The molecule has 0 aromatic heterocycles. The Morgan fingerprint density at radius 1 is 1.54 bits per heavy atom. The van der Waals surface area contributed by atoms with Gasteiger partial charge < -0.3 is 10.2 Å². The highest BCUT2D eigenvalue weighted by Crippen LogP contribution is 2.14. The van der Waals surface area contributed by atoms with Crippen LogP contribution in [0.4, 0.5) is 10.5 Å². The van der Waals surface area contributed by atoms with E-state index in [0.29, 0.717) is 11.3 Å². The fourth-order valence-electron chi connectivity index (χ4n) is 0.974. The highest BCUT2D eigenvalue weighted by molar-refractivity contribution is 5.85. The van der Waals surface area contributed by atoms with Crippen LogP contribution in [0, 0.1) is 0 Å². The van der Waals surface area contributed by atoms with Crippen molar-refractivity contribution in [2.24, 2.45) is 0 Å². The maximum absolute atomic E-state index is 10.6. The molecule has 0 bridgehead atoms. The summed E-state index contributed by atoms with van der Waals surface area (Å²) in [5.41, 5.74) is 1.25. The Kier molecular flexibility index (Phi) is 2.87. The first kappa shape index (κ1) is 9.54. The van der Waals surface area contributed by atoms with Crippen LogP contribution in [0.3, 0.4) is 0 Å². The number of carboxylic acid groups (broad SMARTS) is 1. The van der Waals surface area contributed by atoms with Crippen LogP contribution in [-0.2, 0) is 6.61 Å². The zero-order chi connectivity index (χ0) is 9.84. The third-order valence-electron chi connectivity index (χ3n) is 1.77. The molecule has 1 rings (SSSR count). The fourth-order valence-corrected chi connectivity index (χ4v) is 0.974. The molecular weight excluding hydrogens is 170 g/mol. The zero-order valence-corrected chi connectivity index (χ0v) is 7.27. The fraction of sp³-hybridized carbons (Fsp3) is 0.222. The van der Waals surface area contributed by atoms with Crippen LogP contribution in [0.25, 0.3) is 0 Å². The second-order valence-electron chi connectivity index (χ2n) is 2.67. The first-order valence-electron chi connectivity index (χ1n) is 3.81. The number of rotatable bonds is 2. The van der Waals surface area contributed by atoms with Gasteiger partial charge in [-0.2, -0.15) is 0 Å². The van der Waals surface area contributed by atoms with Crippen molar-refractivity contribution < 1.29 is 15.0 Å². The van der Waals surface area contributed by atoms with Crippen LogP contribution in [0.5, 0.6) is 0 Å². The number of hydrogen-bond donors (Lipinski definition) is 2. The van der Waals surface area contributed by atoms with E-state index in [2.05, 4.69) is 0 Å². The molecule has 0 aliphatic heterocycles. The van der Waals surface area contributed by atoms with E-state index in [-0.39, 0.29) is 6.61 Å². The molecule has 13 heavy (non-hydrogen) atoms. The van der Waals surface area contributed by atoms with Gasteiger partial charge in [0.1, 0.15) is 0 Å². The molecule has 0 radical (unpaired) electrons. The maximum Gasteiger partial charge on any atom is 0.411 e. The van der Waals surface area contributed by atoms with Crippen molar-refractivity contribution in [3.8, 4) is 0 Å². The SMILES string of the molecule is CN(C(=O)O)c1cccc(CO)c1. The van der Waals surface area contributed by atoms with Crippen LogP contribution in [-0.4, -0.2) is 23.4 Å². The number of hydrogen-bond acceptors (Lipinski definition) is 2. The van der Waals surface area contributed by atoms with Gasteiger partial charge in [0.25, 0.3) is 0 Å². The highest BCUT2D eigenvalue weighted by Gasteiger charge is 2.07. The van der Waals surface area contributed by atoms with Gasteiger partial charge in [0, 0.05) is 12.7 Å². The summed E-state index contributed by atoms with van der Waals surface area (Å²) >= 11 is 0. The smallest absolute Gasteiger partial charge is 0.411 e. The Morgan fingerprint density at radius 3 is 2.77 bits per heavy atom. The predicted molar refractivity (Wildman–Crippen MR) is 48.8 cm³/mol.